The lowest BCUT2D eigenvalue weighted by Gasteiger charge is -2.46. The standard InChI is InChI=1S/C16H19FN2O4/c17-11-8-10(2-3-12(11)20)14(22)19-7-4-13(21)16(9-19)5-1-6-18-15(16)23/h2-3,8,13,20-21H,1,4-7,9H2,(H,18,23)/t13-,16+/m0/s1. The van der Waals surface area contributed by atoms with Crippen molar-refractivity contribution in [2.75, 3.05) is 19.6 Å². The van der Waals surface area contributed by atoms with Gasteiger partial charge in [0.2, 0.25) is 5.91 Å². The van der Waals surface area contributed by atoms with Crippen LogP contribution in [0, 0.1) is 11.2 Å². The SMILES string of the molecule is O=C(c1ccc(O)c(F)c1)N1CC[C@H](O)[C@@]2(CCCNC2=O)C1. The van der Waals surface area contributed by atoms with Crippen LogP contribution in [0.25, 0.3) is 0 Å². The number of carbonyl (C=O) groups is 2. The lowest BCUT2D eigenvalue weighted by Crippen LogP contribution is -2.62. The number of aliphatic hydroxyl groups excluding tert-OH is 1. The summed E-state index contributed by atoms with van der Waals surface area (Å²) in [6, 6.07) is 3.46. The zero-order valence-corrected chi connectivity index (χ0v) is 12.6. The first-order valence-electron chi connectivity index (χ1n) is 7.68. The molecule has 2 fully saturated rings. The van der Waals surface area contributed by atoms with Gasteiger partial charge in [-0.25, -0.2) is 4.39 Å². The molecule has 2 aliphatic rings. The summed E-state index contributed by atoms with van der Waals surface area (Å²) in [6.07, 6.45) is 0.787. The Morgan fingerprint density at radius 1 is 1.43 bits per heavy atom. The summed E-state index contributed by atoms with van der Waals surface area (Å²) in [5.41, 5.74) is -0.871. The molecule has 1 aromatic carbocycles. The highest BCUT2D eigenvalue weighted by atomic mass is 19.1. The molecule has 2 amide bonds. The number of rotatable bonds is 1. The Labute approximate surface area is 132 Å². The van der Waals surface area contributed by atoms with Gasteiger partial charge in [0, 0.05) is 25.2 Å². The van der Waals surface area contributed by atoms with Gasteiger partial charge in [-0.2, -0.15) is 0 Å². The summed E-state index contributed by atoms with van der Waals surface area (Å²) in [6.45, 7) is 0.989. The molecule has 2 atom stereocenters. The van der Waals surface area contributed by atoms with E-state index in [1.807, 2.05) is 0 Å². The number of phenols is 1. The van der Waals surface area contributed by atoms with E-state index in [9.17, 15) is 24.2 Å². The third-order valence-electron chi connectivity index (χ3n) is 4.80. The van der Waals surface area contributed by atoms with Crippen LogP contribution in [0.5, 0.6) is 5.75 Å². The summed E-state index contributed by atoms with van der Waals surface area (Å²) in [7, 11) is 0. The van der Waals surface area contributed by atoms with E-state index < -0.39 is 29.0 Å². The lowest BCUT2D eigenvalue weighted by atomic mass is 9.71. The van der Waals surface area contributed by atoms with Gasteiger partial charge in [0.25, 0.3) is 5.91 Å². The van der Waals surface area contributed by atoms with Crippen LogP contribution in [-0.4, -0.2) is 52.7 Å². The predicted molar refractivity (Wildman–Crippen MR) is 79.3 cm³/mol. The normalized spacial score (nSPS) is 27.8. The van der Waals surface area contributed by atoms with Crippen LogP contribution >= 0.6 is 0 Å². The number of hydrogen-bond donors (Lipinski definition) is 3. The summed E-state index contributed by atoms with van der Waals surface area (Å²) >= 11 is 0. The average molecular weight is 322 g/mol. The Balaban J connectivity index is 1.84. The van der Waals surface area contributed by atoms with Crippen molar-refractivity contribution in [1.82, 2.24) is 10.2 Å². The van der Waals surface area contributed by atoms with Crippen molar-refractivity contribution in [2.45, 2.75) is 25.4 Å². The number of likely N-dealkylation sites (tertiary alicyclic amines) is 1. The number of amides is 2. The average Bonchev–Trinajstić information content (AvgIpc) is 2.54. The summed E-state index contributed by atoms with van der Waals surface area (Å²) in [5, 5.41) is 22.3. The molecule has 0 unspecified atom stereocenters. The van der Waals surface area contributed by atoms with Gasteiger partial charge in [0.15, 0.2) is 11.6 Å². The Morgan fingerprint density at radius 3 is 2.91 bits per heavy atom. The zero-order valence-electron chi connectivity index (χ0n) is 12.6. The van der Waals surface area contributed by atoms with E-state index in [2.05, 4.69) is 5.32 Å². The van der Waals surface area contributed by atoms with Crippen molar-refractivity contribution in [2.24, 2.45) is 5.41 Å². The molecule has 6 nitrogen and oxygen atoms in total. The highest BCUT2D eigenvalue weighted by Gasteiger charge is 2.50. The summed E-state index contributed by atoms with van der Waals surface area (Å²) in [5.74, 6) is -2.02. The third-order valence-corrected chi connectivity index (χ3v) is 4.80. The number of benzene rings is 1. The minimum atomic E-state index is -0.985. The molecule has 2 heterocycles. The Kier molecular flexibility index (Phi) is 3.97. The second kappa shape index (κ2) is 5.81. The molecule has 0 aliphatic carbocycles. The van der Waals surface area contributed by atoms with E-state index in [4.69, 9.17) is 0 Å². The summed E-state index contributed by atoms with van der Waals surface area (Å²) in [4.78, 5) is 26.3. The molecule has 3 N–H and O–H groups in total. The number of nitrogens with one attached hydrogen (secondary N) is 1. The fraction of sp³-hybridized carbons (Fsp3) is 0.500. The number of carbonyl (C=O) groups excluding carboxylic acids is 2. The van der Waals surface area contributed by atoms with Gasteiger partial charge in [-0.15, -0.1) is 0 Å². The van der Waals surface area contributed by atoms with Crippen LogP contribution in [0.4, 0.5) is 4.39 Å². The fourth-order valence-electron chi connectivity index (χ4n) is 3.44. The van der Waals surface area contributed by atoms with E-state index >= 15 is 0 Å². The molecule has 0 aromatic heterocycles. The molecule has 1 spiro atoms. The molecule has 7 heteroatoms. The molecule has 2 saturated heterocycles. The lowest BCUT2D eigenvalue weighted by molar-refractivity contribution is -0.147. The molecule has 0 radical (unpaired) electrons. The van der Waals surface area contributed by atoms with Crippen LogP contribution in [0.2, 0.25) is 0 Å². The molecule has 0 bridgehead atoms. The molecule has 1 aromatic rings. The van der Waals surface area contributed by atoms with E-state index in [1.165, 1.54) is 11.0 Å². The zero-order chi connectivity index (χ0) is 16.6. The van der Waals surface area contributed by atoms with Gasteiger partial charge < -0.3 is 20.4 Å². The minimum Gasteiger partial charge on any atom is -0.505 e. The van der Waals surface area contributed by atoms with Gasteiger partial charge in [-0.1, -0.05) is 0 Å². The number of piperidine rings is 2. The molecule has 23 heavy (non-hydrogen) atoms. The molecule has 0 saturated carbocycles. The second-order valence-corrected chi connectivity index (χ2v) is 6.21. The first-order chi connectivity index (χ1) is 10.9. The van der Waals surface area contributed by atoms with E-state index in [1.54, 1.807) is 0 Å². The van der Waals surface area contributed by atoms with Crippen LogP contribution in [-0.2, 0) is 4.79 Å². The van der Waals surface area contributed by atoms with E-state index in [0.29, 0.717) is 25.9 Å². The predicted octanol–water partition coefficient (Wildman–Crippen LogP) is 0.634. The van der Waals surface area contributed by atoms with Crippen molar-refractivity contribution in [3.63, 3.8) is 0 Å². The van der Waals surface area contributed by atoms with Crippen LogP contribution in [0.1, 0.15) is 29.6 Å². The smallest absolute Gasteiger partial charge is 0.253 e. The fourth-order valence-corrected chi connectivity index (χ4v) is 3.44. The minimum absolute atomic E-state index is 0.112. The van der Waals surface area contributed by atoms with Crippen LogP contribution in [0.15, 0.2) is 18.2 Å². The van der Waals surface area contributed by atoms with Crippen molar-refractivity contribution in [3.8, 4) is 5.75 Å². The molecule has 2 aliphatic heterocycles. The number of nitrogens with zero attached hydrogens (tertiary/aromatic N) is 1. The molecule has 124 valence electrons. The number of hydrogen-bond acceptors (Lipinski definition) is 4. The number of aliphatic hydroxyl groups is 1. The largest absolute Gasteiger partial charge is 0.505 e. The Bertz CT molecular complexity index is 651. The van der Waals surface area contributed by atoms with Gasteiger partial charge >= 0.3 is 0 Å². The van der Waals surface area contributed by atoms with Gasteiger partial charge in [0.05, 0.1) is 11.5 Å². The number of phenolic OH excluding ortho intramolecular Hbond substituents is 1. The highest BCUT2D eigenvalue weighted by Crippen LogP contribution is 2.37. The van der Waals surface area contributed by atoms with Crippen LogP contribution in [0.3, 0.4) is 0 Å². The van der Waals surface area contributed by atoms with E-state index in [-0.39, 0.29) is 18.0 Å². The van der Waals surface area contributed by atoms with Crippen molar-refractivity contribution in [3.05, 3.63) is 29.6 Å². The van der Waals surface area contributed by atoms with Gasteiger partial charge in [-0.3, -0.25) is 9.59 Å². The van der Waals surface area contributed by atoms with E-state index in [0.717, 1.165) is 18.6 Å². The molecular weight excluding hydrogens is 303 g/mol. The molecular formula is C16H19FN2O4. The number of aromatic hydroxyl groups is 1. The maximum atomic E-state index is 13.5. The number of halogens is 1. The Morgan fingerprint density at radius 2 is 2.22 bits per heavy atom. The first-order valence-corrected chi connectivity index (χ1v) is 7.68. The van der Waals surface area contributed by atoms with Crippen molar-refractivity contribution < 1.29 is 24.2 Å². The monoisotopic (exact) mass is 322 g/mol. The quantitative estimate of drug-likeness (QED) is 0.707. The van der Waals surface area contributed by atoms with Gasteiger partial charge in [0.1, 0.15) is 0 Å². The van der Waals surface area contributed by atoms with Gasteiger partial charge in [-0.05, 0) is 37.5 Å². The molecule has 3 rings (SSSR count). The third kappa shape index (κ3) is 2.65. The van der Waals surface area contributed by atoms with Crippen molar-refractivity contribution in [1.29, 1.82) is 0 Å². The maximum absolute atomic E-state index is 13.5. The topological polar surface area (TPSA) is 89.9 Å². The first kappa shape index (κ1) is 15.7. The summed E-state index contributed by atoms with van der Waals surface area (Å²) < 4.78 is 13.5. The Hall–Kier alpha value is -2.15. The maximum Gasteiger partial charge on any atom is 0.253 e. The second-order valence-electron chi connectivity index (χ2n) is 6.21. The van der Waals surface area contributed by atoms with Crippen LogP contribution < -0.4 is 5.32 Å². The van der Waals surface area contributed by atoms with Crippen molar-refractivity contribution >= 4 is 11.8 Å². The highest BCUT2D eigenvalue weighted by molar-refractivity contribution is 5.95.